The van der Waals surface area contributed by atoms with Gasteiger partial charge in [-0.25, -0.2) is 0 Å². The van der Waals surface area contributed by atoms with Crippen LogP contribution in [0.4, 0.5) is 0 Å². The molecule has 116 valence electrons. The van der Waals surface area contributed by atoms with E-state index < -0.39 is 0 Å². The molecule has 21 heavy (non-hydrogen) atoms. The van der Waals surface area contributed by atoms with Crippen LogP contribution in [-0.4, -0.2) is 41.4 Å². The molecule has 0 radical (unpaired) electrons. The van der Waals surface area contributed by atoms with Crippen molar-refractivity contribution in [1.82, 2.24) is 9.80 Å². The van der Waals surface area contributed by atoms with E-state index in [4.69, 9.17) is 0 Å². The summed E-state index contributed by atoms with van der Waals surface area (Å²) in [5, 5.41) is 0. The highest BCUT2D eigenvalue weighted by Gasteiger charge is 2.31. The molecule has 0 bridgehead atoms. The van der Waals surface area contributed by atoms with Crippen LogP contribution in [0.5, 0.6) is 0 Å². The molecule has 2 rings (SSSR count). The Morgan fingerprint density at radius 2 is 2.19 bits per heavy atom. The third-order valence-corrected chi connectivity index (χ3v) is 4.41. The average Bonchev–Trinajstić information content (AvgIpc) is 2.93. The largest absolute Gasteiger partial charge is 0.336 e. The zero-order chi connectivity index (χ0) is 15.4. The van der Waals surface area contributed by atoms with Gasteiger partial charge in [-0.2, -0.15) is 0 Å². The normalized spacial score (nSPS) is 19.2. The number of carbonyl (C=O) groups is 1. The van der Waals surface area contributed by atoms with Crippen LogP contribution in [0.15, 0.2) is 24.3 Å². The zero-order valence-corrected chi connectivity index (χ0v) is 13.8. The van der Waals surface area contributed by atoms with E-state index in [1.807, 2.05) is 4.90 Å². The van der Waals surface area contributed by atoms with Crippen molar-refractivity contribution in [3.63, 3.8) is 0 Å². The minimum atomic E-state index is 0.178. The van der Waals surface area contributed by atoms with Crippen molar-refractivity contribution in [2.24, 2.45) is 5.92 Å². The molecule has 0 N–H and O–H groups in total. The SMILES string of the molecule is CCN1CCC(C(=O)N(Cc2cccc(C)c2)C(C)C)C1. The van der Waals surface area contributed by atoms with E-state index in [0.717, 1.165) is 32.6 Å². The molecule has 1 amide bonds. The summed E-state index contributed by atoms with van der Waals surface area (Å²) in [4.78, 5) is 17.2. The molecule has 0 aliphatic carbocycles. The number of nitrogens with zero attached hydrogens (tertiary/aromatic N) is 2. The highest BCUT2D eigenvalue weighted by Crippen LogP contribution is 2.21. The van der Waals surface area contributed by atoms with Gasteiger partial charge in [0.1, 0.15) is 0 Å². The monoisotopic (exact) mass is 288 g/mol. The van der Waals surface area contributed by atoms with Crippen LogP contribution in [0.25, 0.3) is 0 Å². The van der Waals surface area contributed by atoms with Crippen molar-refractivity contribution in [2.45, 2.75) is 46.7 Å². The lowest BCUT2D eigenvalue weighted by Crippen LogP contribution is -2.41. The second kappa shape index (κ2) is 7.08. The molecule has 0 aromatic heterocycles. The van der Waals surface area contributed by atoms with Gasteiger partial charge in [-0.15, -0.1) is 0 Å². The van der Waals surface area contributed by atoms with E-state index in [1.165, 1.54) is 11.1 Å². The van der Waals surface area contributed by atoms with E-state index in [9.17, 15) is 4.79 Å². The number of likely N-dealkylation sites (tertiary alicyclic amines) is 1. The molecule has 3 heteroatoms. The van der Waals surface area contributed by atoms with Gasteiger partial charge in [-0.05, 0) is 45.8 Å². The number of carbonyl (C=O) groups excluding carboxylic acids is 1. The topological polar surface area (TPSA) is 23.6 Å². The third kappa shape index (κ3) is 4.07. The Morgan fingerprint density at radius 3 is 2.76 bits per heavy atom. The van der Waals surface area contributed by atoms with E-state index in [0.29, 0.717) is 5.91 Å². The van der Waals surface area contributed by atoms with Crippen molar-refractivity contribution in [1.29, 1.82) is 0 Å². The fourth-order valence-corrected chi connectivity index (χ4v) is 3.08. The predicted molar refractivity (Wildman–Crippen MR) is 87.1 cm³/mol. The summed E-state index contributed by atoms with van der Waals surface area (Å²) in [6.45, 7) is 12.2. The zero-order valence-electron chi connectivity index (χ0n) is 13.8. The van der Waals surface area contributed by atoms with Gasteiger partial charge in [0.25, 0.3) is 0 Å². The summed E-state index contributed by atoms with van der Waals surface area (Å²) < 4.78 is 0. The van der Waals surface area contributed by atoms with Gasteiger partial charge in [-0.1, -0.05) is 36.8 Å². The molecule has 1 atom stereocenters. The second-order valence-corrected chi connectivity index (χ2v) is 6.43. The van der Waals surface area contributed by atoms with Crippen LogP contribution in [0.1, 0.15) is 38.3 Å². The Hall–Kier alpha value is -1.35. The predicted octanol–water partition coefficient (Wildman–Crippen LogP) is 3.07. The van der Waals surface area contributed by atoms with Crippen LogP contribution in [-0.2, 0) is 11.3 Å². The van der Waals surface area contributed by atoms with Gasteiger partial charge in [0, 0.05) is 19.1 Å². The fraction of sp³-hybridized carbons (Fsp3) is 0.611. The van der Waals surface area contributed by atoms with Crippen LogP contribution >= 0.6 is 0 Å². The van der Waals surface area contributed by atoms with Crippen LogP contribution in [0.3, 0.4) is 0 Å². The maximum absolute atomic E-state index is 12.8. The first-order valence-corrected chi connectivity index (χ1v) is 8.09. The Labute approximate surface area is 128 Å². The molecule has 1 unspecified atom stereocenters. The number of rotatable bonds is 5. The number of amides is 1. The minimum Gasteiger partial charge on any atom is -0.336 e. The maximum atomic E-state index is 12.8. The summed E-state index contributed by atoms with van der Waals surface area (Å²) in [5.74, 6) is 0.500. The molecule has 1 aromatic carbocycles. The number of benzene rings is 1. The van der Waals surface area contributed by atoms with Crippen molar-refractivity contribution in [2.75, 3.05) is 19.6 Å². The summed E-state index contributed by atoms with van der Waals surface area (Å²) in [7, 11) is 0. The van der Waals surface area contributed by atoms with E-state index in [1.54, 1.807) is 0 Å². The maximum Gasteiger partial charge on any atom is 0.227 e. The molecule has 0 saturated carbocycles. The molecule has 1 heterocycles. The quantitative estimate of drug-likeness (QED) is 0.831. The first-order valence-electron chi connectivity index (χ1n) is 8.09. The number of aryl methyl sites for hydroxylation is 1. The lowest BCUT2D eigenvalue weighted by molar-refractivity contribution is -0.137. The van der Waals surface area contributed by atoms with Gasteiger partial charge >= 0.3 is 0 Å². The molecule has 1 aliphatic rings. The molecule has 1 fully saturated rings. The second-order valence-electron chi connectivity index (χ2n) is 6.43. The standard InChI is InChI=1S/C18H28N2O/c1-5-19-10-9-17(13-19)18(21)20(14(2)3)12-16-8-6-7-15(4)11-16/h6-8,11,14,17H,5,9-10,12-13H2,1-4H3. The number of hydrogen-bond acceptors (Lipinski definition) is 2. The minimum absolute atomic E-state index is 0.178. The van der Waals surface area contributed by atoms with Crippen LogP contribution < -0.4 is 0 Å². The lowest BCUT2D eigenvalue weighted by atomic mass is 10.0. The van der Waals surface area contributed by atoms with Gasteiger partial charge in [-0.3, -0.25) is 4.79 Å². The molecular weight excluding hydrogens is 260 g/mol. The molecule has 0 spiro atoms. The molecule has 1 aliphatic heterocycles. The van der Waals surface area contributed by atoms with Crippen molar-refractivity contribution < 1.29 is 4.79 Å². The average molecular weight is 288 g/mol. The Bertz CT molecular complexity index is 484. The van der Waals surface area contributed by atoms with Crippen molar-refractivity contribution in [3.05, 3.63) is 35.4 Å². The molecule has 1 aromatic rings. The third-order valence-electron chi connectivity index (χ3n) is 4.41. The smallest absolute Gasteiger partial charge is 0.227 e. The van der Waals surface area contributed by atoms with E-state index in [2.05, 4.69) is 56.9 Å². The van der Waals surface area contributed by atoms with E-state index >= 15 is 0 Å². The first kappa shape index (κ1) is 16.0. The highest BCUT2D eigenvalue weighted by molar-refractivity contribution is 5.79. The summed E-state index contributed by atoms with van der Waals surface area (Å²) in [5.41, 5.74) is 2.48. The Morgan fingerprint density at radius 1 is 1.43 bits per heavy atom. The van der Waals surface area contributed by atoms with Gasteiger partial charge in [0.05, 0.1) is 5.92 Å². The summed E-state index contributed by atoms with van der Waals surface area (Å²) in [6.07, 6.45) is 1.00. The van der Waals surface area contributed by atoms with Gasteiger partial charge < -0.3 is 9.80 Å². The van der Waals surface area contributed by atoms with Crippen LogP contribution in [0, 0.1) is 12.8 Å². The molecule has 1 saturated heterocycles. The number of hydrogen-bond donors (Lipinski definition) is 0. The molecule has 3 nitrogen and oxygen atoms in total. The van der Waals surface area contributed by atoms with Crippen molar-refractivity contribution >= 4 is 5.91 Å². The first-order chi connectivity index (χ1) is 10.0. The fourth-order valence-electron chi connectivity index (χ4n) is 3.08. The van der Waals surface area contributed by atoms with E-state index in [-0.39, 0.29) is 12.0 Å². The Balaban J connectivity index is 2.06. The Kier molecular flexibility index (Phi) is 5.40. The van der Waals surface area contributed by atoms with Crippen molar-refractivity contribution in [3.8, 4) is 0 Å². The van der Waals surface area contributed by atoms with Gasteiger partial charge in [0.2, 0.25) is 5.91 Å². The summed E-state index contributed by atoms with van der Waals surface area (Å²) in [6, 6.07) is 8.70. The van der Waals surface area contributed by atoms with Crippen LogP contribution in [0.2, 0.25) is 0 Å². The molecular formula is C18H28N2O. The lowest BCUT2D eigenvalue weighted by Gasteiger charge is -2.29. The van der Waals surface area contributed by atoms with Gasteiger partial charge in [0.15, 0.2) is 0 Å². The summed E-state index contributed by atoms with van der Waals surface area (Å²) >= 11 is 0. The highest BCUT2D eigenvalue weighted by atomic mass is 16.2.